The van der Waals surface area contributed by atoms with Gasteiger partial charge in [-0.05, 0) is 59.0 Å². The van der Waals surface area contributed by atoms with Crippen molar-refractivity contribution < 1.29 is 14.3 Å². The number of aromatic carboxylic acids is 1. The van der Waals surface area contributed by atoms with E-state index in [0.717, 1.165) is 0 Å². The molecule has 0 aliphatic carbocycles. The average molecular weight is 372 g/mol. The van der Waals surface area contributed by atoms with E-state index < -0.39 is 5.97 Å². The van der Waals surface area contributed by atoms with Gasteiger partial charge in [0.15, 0.2) is 0 Å². The summed E-state index contributed by atoms with van der Waals surface area (Å²) in [6.45, 7) is 0. The highest BCUT2D eigenvalue weighted by molar-refractivity contribution is 14.1. The van der Waals surface area contributed by atoms with E-state index in [-0.39, 0.29) is 11.4 Å². The van der Waals surface area contributed by atoms with E-state index in [4.69, 9.17) is 10.8 Å². The molecule has 0 aliphatic rings. The zero-order valence-electron chi connectivity index (χ0n) is 9.65. The standard InChI is InChI=1S/C13H10FIN2O2/c14-7-1-4-11(10(15)5-7)17-12-6-8(16)2-3-9(12)13(18)19/h1-6,17H,16H2,(H,18,19). The second-order valence-electron chi connectivity index (χ2n) is 3.86. The monoisotopic (exact) mass is 372 g/mol. The van der Waals surface area contributed by atoms with Crippen LogP contribution in [-0.2, 0) is 0 Å². The summed E-state index contributed by atoms with van der Waals surface area (Å²) in [7, 11) is 0. The van der Waals surface area contributed by atoms with Gasteiger partial charge < -0.3 is 16.2 Å². The molecule has 0 radical (unpaired) electrons. The lowest BCUT2D eigenvalue weighted by molar-refractivity contribution is 0.0698. The fourth-order valence-corrected chi connectivity index (χ4v) is 2.20. The Morgan fingerprint density at radius 2 is 1.95 bits per heavy atom. The van der Waals surface area contributed by atoms with E-state index in [9.17, 15) is 9.18 Å². The van der Waals surface area contributed by atoms with Gasteiger partial charge in [-0.15, -0.1) is 0 Å². The van der Waals surface area contributed by atoms with Crippen LogP contribution in [0.1, 0.15) is 10.4 Å². The summed E-state index contributed by atoms with van der Waals surface area (Å²) in [4.78, 5) is 11.1. The number of nitrogen functional groups attached to an aromatic ring is 1. The van der Waals surface area contributed by atoms with Crippen LogP contribution >= 0.6 is 22.6 Å². The molecule has 6 heteroatoms. The van der Waals surface area contributed by atoms with E-state index in [0.29, 0.717) is 20.6 Å². The van der Waals surface area contributed by atoms with Crippen LogP contribution in [-0.4, -0.2) is 11.1 Å². The summed E-state index contributed by atoms with van der Waals surface area (Å²) in [6.07, 6.45) is 0. The second kappa shape index (κ2) is 5.43. The first-order valence-electron chi connectivity index (χ1n) is 5.32. The topological polar surface area (TPSA) is 75.4 Å². The molecule has 0 saturated heterocycles. The zero-order chi connectivity index (χ0) is 14.0. The van der Waals surface area contributed by atoms with Crippen LogP contribution in [0.5, 0.6) is 0 Å². The molecule has 0 unspecified atom stereocenters. The number of benzene rings is 2. The molecule has 0 aliphatic heterocycles. The first-order chi connectivity index (χ1) is 8.97. The van der Waals surface area contributed by atoms with E-state index >= 15 is 0 Å². The Labute approximate surface area is 122 Å². The van der Waals surface area contributed by atoms with Crippen molar-refractivity contribution >= 4 is 45.6 Å². The lowest BCUT2D eigenvalue weighted by Gasteiger charge is -2.12. The van der Waals surface area contributed by atoms with Crippen molar-refractivity contribution in [2.45, 2.75) is 0 Å². The molecular weight excluding hydrogens is 362 g/mol. The lowest BCUT2D eigenvalue weighted by Crippen LogP contribution is -2.04. The molecule has 4 N–H and O–H groups in total. The minimum Gasteiger partial charge on any atom is -0.478 e. The zero-order valence-corrected chi connectivity index (χ0v) is 11.8. The number of nitrogens with one attached hydrogen (secondary N) is 1. The van der Waals surface area contributed by atoms with E-state index in [1.165, 1.54) is 30.3 Å². The third-order valence-corrected chi connectivity index (χ3v) is 3.37. The molecule has 4 nitrogen and oxygen atoms in total. The molecule has 0 bridgehead atoms. The van der Waals surface area contributed by atoms with Crippen LogP contribution < -0.4 is 11.1 Å². The summed E-state index contributed by atoms with van der Waals surface area (Å²) in [5, 5.41) is 12.1. The van der Waals surface area contributed by atoms with Gasteiger partial charge in [-0.25, -0.2) is 9.18 Å². The Hall–Kier alpha value is -1.83. The second-order valence-corrected chi connectivity index (χ2v) is 5.02. The minimum atomic E-state index is -1.06. The van der Waals surface area contributed by atoms with Crippen LogP contribution in [0.25, 0.3) is 0 Å². The van der Waals surface area contributed by atoms with Crippen molar-refractivity contribution in [3.63, 3.8) is 0 Å². The van der Waals surface area contributed by atoms with Gasteiger partial charge in [0.2, 0.25) is 0 Å². The summed E-state index contributed by atoms with van der Waals surface area (Å²) in [5.41, 5.74) is 7.20. The Balaban J connectivity index is 2.42. The fraction of sp³-hybridized carbons (Fsp3) is 0. The van der Waals surface area contributed by atoms with E-state index in [1.54, 1.807) is 6.07 Å². The predicted octanol–water partition coefficient (Wildman–Crippen LogP) is 3.45. The molecule has 2 aromatic rings. The molecule has 0 spiro atoms. The van der Waals surface area contributed by atoms with Gasteiger partial charge in [-0.3, -0.25) is 0 Å². The number of hydrogen-bond donors (Lipinski definition) is 3. The third-order valence-electron chi connectivity index (χ3n) is 2.47. The van der Waals surface area contributed by atoms with Crippen molar-refractivity contribution in [2.24, 2.45) is 0 Å². The third kappa shape index (κ3) is 3.14. The predicted molar refractivity (Wildman–Crippen MR) is 80.2 cm³/mol. The summed E-state index contributed by atoms with van der Waals surface area (Å²) >= 11 is 1.97. The number of halogens is 2. The van der Waals surface area contributed by atoms with Gasteiger partial charge in [-0.1, -0.05) is 0 Å². The van der Waals surface area contributed by atoms with E-state index in [1.807, 2.05) is 22.6 Å². The quantitative estimate of drug-likeness (QED) is 0.570. The Morgan fingerprint density at radius 3 is 2.58 bits per heavy atom. The number of rotatable bonds is 3. The molecule has 0 amide bonds. The van der Waals surface area contributed by atoms with E-state index in [2.05, 4.69) is 5.32 Å². The molecule has 2 rings (SSSR count). The number of carboxylic acids is 1. The highest BCUT2D eigenvalue weighted by Crippen LogP contribution is 2.27. The number of carbonyl (C=O) groups is 1. The Bertz CT molecular complexity index is 647. The highest BCUT2D eigenvalue weighted by atomic mass is 127. The molecular formula is C13H10FIN2O2. The Kier molecular flexibility index (Phi) is 3.89. The van der Waals surface area contributed by atoms with Gasteiger partial charge >= 0.3 is 5.97 Å². The molecule has 19 heavy (non-hydrogen) atoms. The fourth-order valence-electron chi connectivity index (χ4n) is 1.59. The highest BCUT2D eigenvalue weighted by Gasteiger charge is 2.11. The van der Waals surface area contributed by atoms with Gasteiger partial charge in [-0.2, -0.15) is 0 Å². The first-order valence-corrected chi connectivity index (χ1v) is 6.40. The van der Waals surface area contributed by atoms with Crippen molar-refractivity contribution in [3.8, 4) is 0 Å². The van der Waals surface area contributed by atoms with Crippen LogP contribution in [0.15, 0.2) is 36.4 Å². The Morgan fingerprint density at radius 1 is 1.21 bits per heavy atom. The normalized spacial score (nSPS) is 10.2. The number of anilines is 3. The molecule has 2 aromatic carbocycles. The number of carboxylic acid groups (broad SMARTS) is 1. The maximum atomic E-state index is 13.0. The first kappa shape index (κ1) is 13.6. The van der Waals surface area contributed by atoms with Crippen molar-refractivity contribution in [1.29, 1.82) is 0 Å². The summed E-state index contributed by atoms with van der Waals surface area (Å²) in [6, 6.07) is 8.68. The van der Waals surface area contributed by atoms with Crippen LogP contribution in [0.2, 0.25) is 0 Å². The summed E-state index contributed by atoms with van der Waals surface area (Å²) < 4.78 is 13.7. The van der Waals surface area contributed by atoms with Crippen LogP contribution in [0.3, 0.4) is 0 Å². The molecule has 0 saturated carbocycles. The lowest BCUT2D eigenvalue weighted by atomic mass is 10.1. The van der Waals surface area contributed by atoms with Crippen LogP contribution in [0, 0.1) is 9.39 Å². The summed E-state index contributed by atoms with van der Waals surface area (Å²) in [5.74, 6) is -1.40. The van der Waals surface area contributed by atoms with Gasteiger partial charge in [0.05, 0.1) is 16.9 Å². The van der Waals surface area contributed by atoms with Crippen molar-refractivity contribution in [2.75, 3.05) is 11.1 Å². The molecule has 0 atom stereocenters. The molecule has 98 valence electrons. The van der Waals surface area contributed by atoms with Gasteiger partial charge in [0, 0.05) is 9.26 Å². The van der Waals surface area contributed by atoms with Gasteiger partial charge in [0.25, 0.3) is 0 Å². The number of nitrogens with two attached hydrogens (primary N) is 1. The van der Waals surface area contributed by atoms with Gasteiger partial charge in [0.1, 0.15) is 5.82 Å². The van der Waals surface area contributed by atoms with Crippen molar-refractivity contribution in [3.05, 3.63) is 51.3 Å². The largest absolute Gasteiger partial charge is 0.478 e. The molecule has 0 heterocycles. The minimum absolute atomic E-state index is 0.106. The smallest absolute Gasteiger partial charge is 0.337 e. The molecule has 0 fully saturated rings. The maximum Gasteiger partial charge on any atom is 0.337 e. The molecule has 0 aromatic heterocycles. The van der Waals surface area contributed by atoms with Crippen molar-refractivity contribution in [1.82, 2.24) is 0 Å². The number of hydrogen-bond acceptors (Lipinski definition) is 3. The van der Waals surface area contributed by atoms with Crippen LogP contribution in [0.4, 0.5) is 21.5 Å². The SMILES string of the molecule is Nc1ccc(C(=O)O)c(Nc2ccc(F)cc2I)c1. The average Bonchev–Trinajstić information content (AvgIpc) is 2.32. The maximum absolute atomic E-state index is 13.0.